The Morgan fingerprint density at radius 2 is 1.67 bits per heavy atom. The largest absolute Gasteiger partial charge is 0.337 e. The molecule has 0 fully saturated rings. The van der Waals surface area contributed by atoms with Crippen molar-refractivity contribution < 1.29 is 13.2 Å². The number of amides is 1. The maximum atomic E-state index is 12.7. The van der Waals surface area contributed by atoms with Crippen LogP contribution >= 0.6 is 0 Å². The van der Waals surface area contributed by atoms with Crippen LogP contribution < -0.4 is 0 Å². The second-order valence-corrected chi connectivity index (χ2v) is 8.55. The monoisotopic (exact) mass is 343 g/mol. The van der Waals surface area contributed by atoms with Gasteiger partial charge in [-0.2, -0.15) is 0 Å². The quantitative estimate of drug-likeness (QED) is 0.861. The van der Waals surface area contributed by atoms with E-state index in [-0.39, 0.29) is 10.8 Å². The predicted molar refractivity (Wildman–Crippen MR) is 93.4 cm³/mol. The first-order chi connectivity index (χ1) is 11.4. The molecule has 0 saturated carbocycles. The van der Waals surface area contributed by atoms with Crippen molar-refractivity contribution in [3.05, 3.63) is 65.2 Å². The molecule has 0 aromatic heterocycles. The Morgan fingerprint density at radius 1 is 1.04 bits per heavy atom. The molecule has 0 radical (unpaired) electrons. The first kappa shape index (κ1) is 16.7. The molecule has 4 nitrogen and oxygen atoms in total. The lowest BCUT2D eigenvalue weighted by molar-refractivity contribution is -0.131. The van der Waals surface area contributed by atoms with Gasteiger partial charge in [-0.1, -0.05) is 42.0 Å². The number of sulfone groups is 1. The van der Waals surface area contributed by atoms with Gasteiger partial charge in [0.05, 0.1) is 4.90 Å². The lowest BCUT2D eigenvalue weighted by Crippen LogP contribution is -2.43. The van der Waals surface area contributed by atoms with Crippen LogP contribution in [-0.4, -0.2) is 31.0 Å². The van der Waals surface area contributed by atoms with E-state index in [1.807, 2.05) is 25.1 Å². The number of fused-ring (bicyclic) bond motifs is 1. The molecule has 1 atom stereocenters. The summed E-state index contributed by atoms with van der Waals surface area (Å²) in [7, 11) is -3.67. The molecule has 0 bridgehead atoms. The van der Waals surface area contributed by atoms with Crippen LogP contribution in [0.5, 0.6) is 0 Å². The van der Waals surface area contributed by atoms with Gasteiger partial charge in [-0.05, 0) is 43.5 Å². The molecule has 0 unspecified atom stereocenters. The highest BCUT2D eigenvalue weighted by Gasteiger charge is 2.34. The van der Waals surface area contributed by atoms with E-state index in [0.29, 0.717) is 13.1 Å². The molecule has 0 N–H and O–H groups in total. The zero-order valence-electron chi connectivity index (χ0n) is 13.9. The minimum atomic E-state index is -3.67. The summed E-state index contributed by atoms with van der Waals surface area (Å²) in [6.07, 6.45) is 0.763. The highest BCUT2D eigenvalue weighted by atomic mass is 32.2. The number of hydrogen-bond donors (Lipinski definition) is 0. The number of benzene rings is 2. The summed E-state index contributed by atoms with van der Waals surface area (Å²) in [6.45, 7) is 4.42. The summed E-state index contributed by atoms with van der Waals surface area (Å²) < 4.78 is 25.5. The van der Waals surface area contributed by atoms with Crippen LogP contribution in [0.25, 0.3) is 0 Å². The molecule has 0 spiro atoms. The minimum Gasteiger partial charge on any atom is -0.337 e. The summed E-state index contributed by atoms with van der Waals surface area (Å²) in [6, 6.07) is 14.6. The lowest BCUT2D eigenvalue weighted by Gasteiger charge is -2.30. The zero-order valence-corrected chi connectivity index (χ0v) is 14.7. The number of carbonyl (C=O) groups is 1. The van der Waals surface area contributed by atoms with E-state index < -0.39 is 15.1 Å². The molecule has 1 aliphatic rings. The number of rotatable bonds is 3. The standard InChI is InChI=1S/C19H21NO3S/c1-14-7-9-18(10-8-14)24(22,23)15(2)19(21)20-12-11-16-5-3-4-6-17(16)13-20/h3-10,15H,11-13H2,1-2H3/t15-/m0/s1. The van der Waals surface area contributed by atoms with Gasteiger partial charge >= 0.3 is 0 Å². The minimum absolute atomic E-state index is 0.200. The first-order valence-electron chi connectivity index (χ1n) is 8.06. The van der Waals surface area contributed by atoms with Crippen molar-refractivity contribution in [3.8, 4) is 0 Å². The third-order valence-corrected chi connectivity index (χ3v) is 6.67. The molecule has 1 amide bonds. The molecule has 0 saturated heterocycles. The molecule has 5 heteroatoms. The molecule has 126 valence electrons. The summed E-state index contributed by atoms with van der Waals surface area (Å²) >= 11 is 0. The van der Waals surface area contributed by atoms with Crippen molar-refractivity contribution in [3.63, 3.8) is 0 Å². The molecule has 2 aromatic carbocycles. The van der Waals surface area contributed by atoms with Crippen LogP contribution in [0.1, 0.15) is 23.6 Å². The van der Waals surface area contributed by atoms with Gasteiger partial charge in [0.1, 0.15) is 5.25 Å². The summed E-state index contributed by atoms with van der Waals surface area (Å²) in [5.41, 5.74) is 3.31. The fourth-order valence-electron chi connectivity index (χ4n) is 3.01. The third-order valence-electron chi connectivity index (χ3n) is 4.61. The Balaban J connectivity index is 1.81. The normalized spacial score (nSPS) is 15.7. The van der Waals surface area contributed by atoms with E-state index in [0.717, 1.165) is 17.5 Å². The average Bonchev–Trinajstić information content (AvgIpc) is 2.60. The van der Waals surface area contributed by atoms with E-state index in [1.54, 1.807) is 29.2 Å². The molecule has 0 aliphatic carbocycles. The van der Waals surface area contributed by atoms with Crippen LogP contribution in [0.15, 0.2) is 53.4 Å². The van der Waals surface area contributed by atoms with Gasteiger partial charge in [-0.3, -0.25) is 4.79 Å². The second kappa shape index (κ2) is 6.40. The number of hydrogen-bond acceptors (Lipinski definition) is 3. The van der Waals surface area contributed by atoms with Crippen molar-refractivity contribution in [1.82, 2.24) is 4.90 Å². The van der Waals surface area contributed by atoms with Crippen LogP contribution in [0.4, 0.5) is 0 Å². The van der Waals surface area contributed by atoms with Gasteiger partial charge in [-0.15, -0.1) is 0 Å². The van der Waals surface area contributed by atoms with Gasteiger partial charge in [-0.25, -0.2) is 8.42 Å². The molecule has 1 aliphatic heterocycles. The second-order valence-electron chi connectivity index (χ2n) is 6.28. The Morgan fingerprint density at radius 3 is 2.33 bits per heavy atom. The Bertz CT molecular complexity index is 856. The van der Waals surface area contributed by atoms with Gasteiger partial charge in [0.25, 0.3) is 0 Å². The fourth-order valence-corrected chi connectivity index (χ4v) is 4.34. The first-order valence-corrected chi connectivity index (χ1v) is 9.60. The van der Waals surface area contributed by atoms with Crippen molar-refractivity contribution in [1.29, 1.82) is 0 Å². The van der Waals surface area contributed by atoms with Crippen LogP contribution in [0.2, 0.25) is 0 Å². The Labute approximate surface area is 143 Å². The number of carbonyl (C=O) groups excluding carboxylic acids is 1. The van der Waals surface area contributed by atoms with Gasteiger partial charge in [0.2, 0.25) is 5.91 Å². The molecule has 24 heavy (non-hydrogen) atoms. The van der Waals surface area contributed by atoms with Gasteiger partial charge in [0.15, 0.2) is 9.84 Å². The number of aryl methyl sites for hydroxylation is 1. The Hall–Kier alpha value is -2.14. The highest BCUT2D eigenvalue weighted by Crippen LogP contribution is 2.23. The van der Waals surface area contributed by atoms with E-state index in [4.69, 9.17) is 0 Å². The summed E-state index contributed by atoms with van der Waals surface area (Å²) in [5.74, 6) is -0.329. The van der Waals surface area contributed by atoms with Crippen molar-refractivity contribution in [2.45, 2.75) is 37.0 Å². The highest BCUT2D eigenvalue weighted by molar-refractivity contribution is 7.92. The summed E-state index contributed by atoms with van der Waals surface area (Å²) in [5, 5.41) is -1.08. The predicted octanol–water partition coefficient (Wildman–Crippen LogP) is 2.74. The molecular formula is C19H21NO3S. The fraction of sp³-hybridized carbons (Fsp3) is 0.316. The van der Waals surface area contributed by atoms with Crippen molar-refractivity contribution >= 4 is 15.7 Å². The van der Waals surface area contributed by atoms with Crippen molar-refractivity contribution in [2.24, 2.45) is 0 Å². The van der Waals surface area contributed by atoms with E-state index in [1.165, 1.54) is 12.5 Å². The molecule has 1 heterocycles. The summed E-state index contributed by atoms with van der Waals surface area (Å²) in [4.78, 5) is 14.6. The van der Waals surface area contributed by atoms with Gasteiger partial charge < -0.3 is 4.90 Å². The average molecular weight is 343 g/mol. The molecule has 3 rings (SSSR count). The van der Waals surface area contributed by atoms with Crippen molar-refractivity contribution in [2.75, 3.05) is 6.54 Å². The van der Waals surface area contributed by atoms with Crippen LogP contribution in [0.3, 0.4) is 0 Å². The smallest absolute Gasteiger partial charge is 0.241 e. The van der Waals surface area contributed by atoms with Gasteiger partial charge in [0, 0.05) is 13.1 Å². The molecular weight excluding hydrogens is 322 g/mol. The maximum absolute atomic E-state index is 12.7. The van der Waals surface area contributed by atoms with Crippen LogP contribution in [0, 0.1) is 6.92 Å². The molecule has 2 aromatic rings. The Kier molecular flexibility index (Phi) is 4.45. The van der Waals surface area contributed by atoms with E-state index in [9.17, 15) is 13.2 Å². The van der Waals surface area contributed by atoms with Crippen LogP contribution in [-0.2, 0) is 27.6 Å². The van der Waals surface area contributed by atoms with E-state index in [2.05, 4.69) is 6.07 Å². The topological polar surface area (TPSA) is 54.5 Å². The number of nitrogens with zero attached hydrogens (tertiary/aromatic N) is 1. The van der Waals surface area contributed by atoms with E-state index >= 15 is 0 Å². The third kappa shape index (κ3) is 3.08. The lowest BCUT2D eigenvalue weighted by atomic mass is 10.00. The zero-order chi connectivity index (χ0) is 17.3. The SMILES string of the molecule is Cc1ccc(S(=O)(=O)[C@@H](C)C(=O)N2CCc3ccccc3C2)cc1. The maximum Gasteiger partial charge on any atom is 0.241 e.